The SMILES string of the molecule is CCCCCCC/C=C/CC/C=C/CC/C=C/CCCC(O)C(O)C(COC1OC(CO)C(O)C(O)C1O)NC(=O)C(O)CCCCCCCCCCCCCCCCC. The summed E-state index contributed by atoms with van der Waals surface area (Å²) in [5, 5.41) is 75.7. The van der Waals surface area contributed by atoms with E-state index >= 15 is 0 Å². The Morgan fingerprint density at radius 3 is 1.48 bits per heavy atom. The average Bonchev–Trinajstić information content (AvgIpc) is 3.25. The molecule has 1 saturated heterocycles. The molecule has 1 amide bonds. The van der Waals surface area contributed by atoms with Crippen molar-refractivity contribution in [1.29, 1.82) is 0 Å². The first-order valence-electron chi connectivity index (χ1n) is 24.4. The van der Waals surface area contributed by atoms with Crippen molar-refractivity contribution in [3.63, 3.8) is 0 Å². The number of allylic oxidation sites excluding steroid dienone is 6. The van der Waals surface area contributed by atoms with E-state index < -0.39 is 74.2 Å². The van der Waals surface area contributed by atoms with Crippen LogP contribution in [0.25, 0.3) is 0 Å². The molecule has 11 nitrogen and oxygen atoms in total. The molecule has 0 saturated carbocycles. The Labute approximate surface area is 365 Å². The van der Waals surface area contributed by atoms with Crippen LogP contribution in [0.5, 0.6) is 0 Å². The zero-order valence-corrected chi connectivity index (χ0v) is 37.9. The van der Waals surface area contributed by atoms with Gasteiger partial charge in [-0.15, -0.1) is 0 Å². The number of ether oxygens (including phenoxy) is 2. The highest BCUT2D eigenvalue weighted by molar-refractivity contribution is 5.80. The molecule has 9 atom stereocenters. The highest BCUT2D eigenvalue weighted by atomic mass is 16.7. The molecule has 60 heavy (non-hydrogen) atoms. The molecule has 0 aliphatic carbocycles. The first kappa shape index (κ1) is 56.3. The number of aliphatic hydroxyl groups is 7. The third-order valence-corrected chi connectivity index (χ3v) is 11.7. The summed E-state index contributed by atoms with van der Waals surface area (Å²) in [7, 11) is 0. The van der Waals surface area contributed by atoms with Crippen molar-refractivity contribution >= 4 is 5.91 Å². The average molecular weight is 854 g/mol. The zero-order valence-electron chi connectivity index (χ0n) is 37.9. The largest absolute Gasteiger partial charge is 0.394 e. The minimum absolute atomic E-state index is 0.242. The van der Waals surface area contributed by atoms with Crippen LogP contribution in [0.3, 0.4) is 0 Å². The van der Waals surface area contributed by atoms with Gasteiger partial charge in [0.25, 0.3) is 0 Å². The summed E-state index contributed by atoms with van der Waals surface area (Å²) in [5.41, 5.74) is 0. The van der Waals surface area contributed by atoms with E-state index in [0.29, 0.717) is 19.3 Å². The lowest BCUT2D eigenvalue weighted by Crippen LogP contribution is -2.60. The fraction of sp³-hybridized carbons (Fsp3) is 0.857. The molecule has 352 valence electrons. The highest BCUT2D eigenvalue weighted by Gasteiger charge is 2.44. The number of rotatable bonds is 40. The Morgan fingerprint density at radius 2 is 1.00 bits per heavy atom. The van der Waals surface area contributed by atoms with Gasteiger partial charge >= 0.3 is 0 Å². The fourth-order valence-corrected chi connectivity index (χ4v) is 7.59. The van der Waals surface area contributed by atoms with Gasteiger partial charge in [0.2, 0.25) is 5.91 Å². The van der Waals surface area contributed by atoms with E-state index in [1.54, 1.807) is 0 Å². The smallest absolute Gasteiger partial charge is 0.249 e. The second-order valence-electron chi connectivity index (χ2n) is 17.2. The molecule has 9 unspecified atom stereocenters. The van der Waals surface area contributed by atoms with E-state index in [9.17, 15) is 40.5 Å². The number of carbonyl (C=O) groups excluding carboxylic acids is 1. The van der Waals surface area contributed by atoms with Crippen molar-refractivity contribution in [2.45, 2.75) is 255 Å². The van der Waals surface area contributed by atoms with Gasteiger partial charge in [-0.3, -0.25) is 4.79 Å². The predicted octanol–water partition coefficient (Wildman–Crippen LogP) is 8.39. The van der Waals surface area contributed by atoms with Crippen molar-refractivity contribution < 1.29 is 50.0 Å². The molecule has 8 N–H and O–H groups in total. The quantitative estimate of drug-likeness (QED) is 0.0220. The lowest BCUT2D eigenvalue weighted by Gasteiger charge is -2.40. The van der Waals surface area contributed by atoms with Gasteiger partial charge in [0.15, 0.2) is 6.29 Å². The van der Waals surface area contributed by atoms with Crippen molar-refractivity contribution in [2.75, 3.05) is 13.2 Å². The topological polar surface area (TPSA) is 189 Å². The molecule has 1 aliphatic rings. The number of amides is 1. The number of aliphatic hydroxyl groups excluding tert-OH is 7. The number of nitrogens with one attached hydrogen (secondary N) is 1. The summed E-state index contributed by atoms with van der Waals surface area (Å²) >= 11 is 0. The van der Waals surface area contributed by atoms with Crippen LogP contribution in [0, 0.1) is 0 Å². The molecule has 1 aliphatic heterocycles. The minimum Gasteiger partial charge on any atom is -0.394 e. The van der Waals surface area contributed by atoms with Crippen LogP contribution >= 0.6 is 0 Å². The minimum atomic E-state index is -1.67. The van der Waals surface area contributed by atoms with Gasteiger partial charge in [-0.25, -0.2) is 0 Å². The molecule has 0 radical (unpaired) electrons. The summed E-state index contributed by atoms with van der Waals surface area (Å²) < 4.78 is 11.1. The molecule has 1 heterocycles. The summed E-state index contributed by atoms with van der Waals surface area (Å²) in [5.74, 6) is -0.712. The Morgan fingerprint density at radius 1 is 0.567 bits per heavy atom. The Balaban J connectivity index is 2.47. The van der Waals surface area contributed by atoms with E-state index in [-0.39, 0.29) is 12.8 Å². The Kier molecular flexibility index (Phi) is 36.6. The second kappa shape index (κ2) is 39.0. The van der Waals surface area contributed by atoms with Gasteiger partial charge in [0, 0.05) is 0 Å². The number of hydrogen-bond donors (Lipinski definition) is 8. The summed E-state index contributed by atoms with van der Waals surface area (Å²) in [6.45, 7) is 3.41. The van der Waals surface area contributed by atoms with E-state index in [2.05, 4.69) is 55.6 Å². The van der Waals surface area contributed by atoms with Crippen molar-refractivity contribution in [2.24, 2.45) is 0 Å². The summed E-state index contributed by atoms with van der Waals surface area (Å²) in [6.07, 6.45) is 33.3. The van der Waals surface area contributed by atoms with Crippen LogP contribution in [0.15, 0.2) is 36.5 Å². The third-order valence-electron chi connectivity index (χ3n) is 11.7. The first-order chi connectivity index (χ1) is 29.2. The third kappa shape index (κ3) is 28.1. The van der Waals surface area contributed by atoms with Crippen LogP contribution in [0.2, 0.25) is 0 Å². The van der Waals surface area contributed by atoms with Crippen LogP contribution in [-0.2, 0) is 14.3 Å². The summed E-state index contributed by atoms with van der Waals surface area (Å²) in [6, 6.07) is -1.19. The lowest BCUT2D eigenvalue weighted by molar-refractivity contribution is -0.303. The number of unbranched alkanes of at least 4 members (excludes halogenated alkanes) is 22. The van der Waals surface area contributed by atoms with E-state index in [1.807, 2.05) is 0 Å². The molecule has 0 aromatic carbocycles. The van der Waals surface area contributed by atoms with E-state index in [4.69, 9.17) is 9.47 Å². The molecule has 0 bridgehead atoms. The molecular formula is C49H91NO10. The molecule has 0 aromatic rings. The van der Waals surface area contributed by atoms with Gasteiger partial charge in [0.1, 0.15) is 36.6 Å². The Bertz CT molecular complexity index is 1070. The molecule has 1 fully saturated rings. The van der Waals surface area contributed by atoms with Gasteiger partial charge < -0.3 is 50.5 Å². The maximum Gasteiger partial charge on any atom is 0.249 e. The van der Waals surface area contributed by atoms with Crippen LogP contribution in [0.1, 0.15) is 200 Å². The standard InChI is InChI=1S/C49H91NO10/c1-3-5-7-9-11-13-15-17-19-20-21-23-24-26-28-30-32-34-36-41(52)44(54)40(39-59-49-47(57)46(56)45(55)43(38-51)60-49)50-48(58)42(53)37-35-33-31-29-27-25-22-18-16-14-12-10-8-6-4-2/h15,17,21,23,28,30,40-47,49,51-57H,3-14,16,18-20,22,24-27,29,31-39H2,1-2H3,(H,50,58)/b17-15+,23-21+,30-28+. The zero-order chi connectivity index (χ0) is 44.1. The van der Waals surface area contributed by atoms with Crippen molar-refractivity contribution in [1.82, 2.24) is 5.32 Å². The summed E-state index contributed by atoms with van der Waals surface area (Å²) in [4.78, 5) is 13.1. The van der Waals surface area contributed by atoms with E-state index in [1.165, 1.54) is 109 Å². The normalized spacial score (nSPS) is 21.9. The highest BCUT2D eigenvalue weighted by Crippen LogP contribution is 2.23. The van der Waals surface area contributed by atoms with Gasteiger partial charge in [0.05, 0.1) is 25.4 Å². The predicted molar refractivity (Wildman–Crippen MR) is 242 cm³/mol. The van der Waals surface area contributed by atoms with Crippen LogP contribution in [-0.4, -0.2) is 110 Å². The van der Waals surface area contributed by atoms with Crippen LogP contribution in [0.4, 0.5) is 0 Å². The lowest BCUT2D eigenvalue weighted by atomic mass is 9.98. The molecule has 11 heteroatoms. The molecule has 0 spiro atoms. The second-order valence-corrected chi connectivity index (χ2v) is 17.2. The van der Waals surface area contributed by atoms with Gasteiger partial charge in [-0.1, -0.05) is 172 Å². The molecular weight excluding hydrogens is 763 g/mol. The fourth-order valence-electron chi connectivity index (χ4n) is 7.59. The van der Waals surface area contributed by atoms with Crippen LogP contribution < -0.4 is 5.32 Å². The monoisotopic (exact) mass is 854 g/mol. The molecule has 1 rings (SSSR count). The first-order valence-corrected chi connectivity index (χ1v) is 24.4. The maximum atomic E-state index is 13.1. The number of carbonyl (C=O) groups is 1. The molecule has 0 aromatic heterocycles. The van der Waals surface area contributed by atoms with Gasteiger partial charge in [-0.2, -0.15) is 0 Å². The maximum absolute atomic E-state index is 13.1. The van der Waals surface area contributed by atoms with Gasteiger partial charge in [-0.05, 0) is 64.2 Å². The Hall–Kier alpha value is -1.67. The van der Waals surface area contributed by atoms with Crippen molar-refractivity contribution in [3.8, 4) is 0 Å². The van der Waals surface area contributed by atoms with Crippen molar-refractivity contribution in [3.05, 3.63) is 36.5 Å². The van der Waals surface area contributed by atoms with E-state index in [0.717, 1.165) is 44.9 Å². The number of hydrogen-bond acceptors (Lipinski definition) is 10.